The van der Waals surface area contributed by atoms with E-state index < -0.39 is 11.8 Å². The van der Waals surface area contributed by atoms with E-state index in [0.717, 1.165) is 20.4 Å². The predicted octanol–water partition coefficient (Wildman–Crippen LogP) is 3.31. The van der Waals surface area contributed by atoms with Crippen LogP contribution in [0.25, 0.3) is 11.0 Å². The van der Waals surface area contributed by atoms with Crippen molar-refractivity contribution in [2.45, 2.75) is 31.1 Å². The van der Waals surface area contributed by atoms with Gasteiger partial charge < -0.3 is 14.9 Å². The topological polar surface area (TPSA) is 78.7 Å². The average molecular weight is 505 g/mol. The first-order valence-electron chi connectivity index (χ1n) is 9.79. The van der Waals surface area contributed by atoms with E-state index in [9.17, 15) is 10.2 Å². The molecule has 0 aliphatic carbocycles. The second-order valence-corrected chi connectivity index (χ2v) is 8.63. The molecule has 4 rings (SSSR count). The molecule has 1 saturated heterocycles. The second-order valence-electron chi connectivity index (χ2n) is 7.38. The summed E-state index contributed by atoms with van der Waals surface area (Å²) in [5, 5.41) is 21.6. The molecule has 1 atom stereocenters. The highest BCUT2D eigenvalue weighted by atomic mass is 127. The van der Waals surface area contributed by atoms with Crippen LogP contribution in [0.1, 0.15) is 25.0 Å². The lowest BCUT2D eigenvalue weighted by Crippen LogP contribution is -2.47. The number of benzene rings is 2. The average Bonchev–Trinajstić information content (AvgIpc) is 2.75. The van der Waals surface area contributed by atoms with E-state index in [1.165, 1.54) is 0 Å². The van der Waals surface area contributed by atoms with Crippen molar-refractivity contribution in [2.75, 3.05) is 19.7 Å². The van der Waals surface area contributed by atoms with Crippen LogP contribution in [0.5, 0.6) is 5.75 Å². The monoisotopic (exact) mass is 505 g/mol. The highest BCUT2D eigenvalue weighted by molar-refractivity contribution is 14.1. The first-order valence-corrected chi connectivity index (χ1v) is 10.9. The Morgan fingerprint density at radius 3 is 2.48 bits per heavy atom. The molecule has 0 unspecified atom stereocenters. The SMILES string of the molecule is O[C@@H](CCOc1ccc(I)cc1)N1CCC(O)(c2cnc3ccccc3n2)CC1. The molecule has 152 valence electrons. The van der Waals surface area contributed by atoms with Crippen molar-refractivity contribution < 1.29 is 14.9 Å². The van der Waals surface area contributed by atoms with Gasteiger partial charge in [0.15, 0.2) is 0 Å². The summed E-state index contributed by atoms with van der Waals surface area (Å²) < 4.78 is 6.88. The Balaban J connectivity index is 1.31. The van der Waals surface area contributed by atoms with Gasteiger partial charge in [0, 0.05) is 23.1 Å². The lowest BCUT2D eigenvalue weighted by atomic mass is 9.88. The van der Waals surface area contributed by atoms with Gasteiger partial charge in [-0.05, 0) is 71.8 Å². The van der Waals surface area contributed by atoms with Crippen LogP contribution in [0.15, 0.2) is 54.7 Å². The number of piperidine rings is 1. The lowest BCUT2D eigenvalue weighted by molar-refractivity contribution is -0.0836. The summed E-state index contributed by atoms with van der Waals surface area (Å²) in [4.78, 5) is 11.0. The van der Waals surface area contributed by atoms with Crippen molar-refractivity contribution in [1.82, 2.24) is 14.9 Å². The number of nitrogens with zero attached hydrogens (tertiary/aromatic N) is 3. The Hall–Kier alpha value is -1.81. The van der Waals surface area contributed by atoms with Gasteiger partial charge in [-0.1, -0.05) is 12.1 Å². The number of ether oxygens (including phenoxy) is 1. The van der Waals surface area contributed by atoms with E-state index in [-0.39, 0.29) is 0 Å². The van der Waals surface area contributed by atoms with E-state index in [1.807, 2.05) is 53.4 Å². The summed E-state index contributed by atoms with van der Waals surface area (Å²) in [5.74, 6) is 0.806. The van der Waals surface area contributed by atoms with Crippen molar-refractivity contribution in [1.29, 1.82) is 0 Å². The van der Waals surface area contributed by atoms with Gasteiger partial charge in [-0.25, -0.2) is 4.98 Å². The maximum absolute atomic E-state index is 11.1. The zero-order valence-corrected chi connectivity index (χ0v) is 18.2. The number of hydrogen-bond acceptors (Lipinski definition) is 6. The minimum Gasteiger partial charge on any atom is -0.493 e. The Morgan fingerprint density at radius 2 is 1.76 bits per heavy atom. The predicted molar refractivity (Wildman–Crippen MR) is 120 cm³/mol. The summed E-state index contributed by atoms with van der Waals surface area (Å²) in [6.45, 7) is 1.63. The summed E-state index contributed by atoms with van der Waals surface area (Å²) >= 11 is 2.25. The normalized spacial score (nSPS) is 17.9. The van der Waals surface area contributed by atoms with Crippen LogP contribution in [0.2, 0.25) is 0 Å². The smallest absolute Gasteiger partial charge is 0.119 e. The molecule has 0 radical (unpaired) electrons. The number of likely N-dealkylation sites (tertiary alicyclic amines) is 1. The lowest BCUT2D eigenvalue weighted by Gasteiger charge is -2.39. The molecular weight excluding hydrogens is 481 g/mol. The number of aliphatic hydroxyl groups excluding tert-OH is 1. The Bertz CT molecular complexity index is 959. The second kappa shape index (κ2) is 8.91. The summed E-state index contributed by atoms with van der Waals surface area (Å²) in [5.41, 5.74) is 1.20. The van der Waals surface area contributed by atoms with E-state index in [2.05, 4.69) is 32.6 Å². The Morgan fingerprint density at radius 1 is 1.07 bits per heavy atom. The third-order valence-corrected chi connectivity index (χ3v) is 6.15. The molecule has 1 aromatic heterocycles. The van der Waals surface area contributed by atoms with Crippen LogP contribution >= 0.6 is 22.6 Å². The van der Waals surface area contributed by atoms with Crippen LogP contribution in [0, 0.1) is 3.57 Å². The number of fused-ring (bicyclic) bond motifs is 1. The number of aromatic nitrogens is 2. The van der Waals surface area contributed by atoms with Crippen LogP contribution in [-0.4, -0.2) is 51.0 Å². The quantitative estimate of drug-likeness (QED) is 0.501. The molecule has 0 spiro atoms. The molecule has 1 aliphatic heterocycles. The molecule has 1 fully saturated rings. The van der Waals surface area contributed by atoms with Gasteiger partial charge in [0.05, 0.1) is 29.5 Å². The number of rotatable bonds is 6. The largest absolute Gasteiger partial charge is 0.493 e. The van der Waals surface area contributed by atoms with E-state index in [0.29, 0.717) is 44.7 Å². The van der Waals surface area contributed by atoms with Crippen molar-refractivity contribution in [2.24, 2.45) is 0 Å². The van der Waals surface area contributed by atoms with Crippen LogP contribution < -0.4 is 4.74 Å². The minimum absolute atomic E-state index is 0.443. The highest BCUT2D eigenvalue weighted by Gasteiger charge is 2.37. The van der Waals surface area contributed by atoms with Gasteiger partial charge in [-0.2, -0.15) is 0 Å². The molecule has 0 saturated carbocycles. The summed E-state index contributed by atoms with van der Waals surface area (Å²) in [6.07, 6.45) is 2.61. The van der Waals surface area contributed by atoms with Gasteiger partial charge in [0.2, 0.25) is 0 Å². The minimum atomic E-state index is -1.01. The number of aliphatic hydroxyl groups is 2. The molecule has 0 bridgehead atoms. The standard InChI is InChI=1S/C22H24IN3O3/c23-16-5-7-17(8-6-16)29-14-9-21(27)26-12-10-22(28,11-13-26)20-15-24-18-3-1-2-4-19(18)25-20/h1-8,15,21,27-28H,9-14H2/t21-/m0/s1. The van der Waals surface area contributed by atoms with Gasteiger partial charge in [-0.15, -0.1) is 0 Å². The fourth-order valence-electron chi connectivity index (χ4n) is 3.63. The fourth-order valence-corrected chi connectivity index (χ4v) is 3.98. The molecule has 2 aromatic carbocycles. The molecule has 3 aromatic rings. The molecule has 6 nitrogen and oxygen atoms in total. The zero-order valence-electron chi connectivity index (χ0n) is 16.0. The molecule has 0 amide bonds. The highest BCUT2D eigenvalue weighted by Crippen LogP contribution is 2.32. The van der Waals surface area contributed by atoms with Gasteiger partial charge in [-0.3, -0.25) is 9.88 Å². The van der Waals surface area contributed by atoms with Crippen LogP contribution in [0.3, 0.4) is 0 Å². The van der Waals surface area contributed by atoms with E-state index in [1.54, 1.807) is 6.20 Å². The number of halogens is 1. The van der Waals surface area contributed by atoms with Gasteiger partial charge in [0.1, 0.15) is 17.6 Å². The van der Waals surface area contributed by atoms with E-state index >= 15 is 0 Å². The Kier molecular flexibility index (Phi) is 6.29. The maximum Gasteiger partial charge on any atom is 0.119 e. The maximum atomic E-state index is 11.1. The molecule has 7 heteroatoms. The Labute approximate surface area is 183 Å². The summed E-state index contributed by atoms with van der Waals surface area (Å²) in [7, 11) is 0. The zero-order chi connectivity index (χ0) is 20.3. The van der Waals surface area contributed by atoms with Gasteiger partial charge >= 0.3 is 0 Å². The van der Waals surface area contributed by atoms with Crippen molar-refractivity contribution in [3.05, 3.63) is 64.0 Å². The molecule has 29 heavy (non-hydrogen) atoms. The fraction of sp³-hybridized carbons (Fsp3) is 0.364. The third kappa shape index (κ3) is 4.85. The first kappa shape index (κ1) is 20.5. The van der Waals surface area contributed by atoms with Crippen LogP contribution in [-0.2, 0) is 5.60 Å². The molecule has 2 N–H and O–H groups in total. The van der Waals surface area contributed by atoms with Crippen LogP contribution in [0.4, 0.5) is 0 Å². The number of hydrogen-bond donors (Lipinski definition) is 2. The molecular formula is C22H24IN3O3. The summed E-state index contributed by atoms with van der Waals surface area (Å²) in [6, 6.07) is 15.5. The van der Waals surface area contributed by atoms with Crippen molar-refractivity contribution in [3.63, 3.8) is 0 Å². The molecule has 1 aliphatic rings. The third-order valence-electron chi connectivity index (χ3n) is 5.43. The van der Waals surface area contributed by atoms with Crippen molar-refractivity contribution in [3.8, 4) is 5.75 Å². The van der Waals surface area contributed by atoms with Crippen molar-refractivity contribution >= 4 is 33.6 Å². The van der Waals surface area contributed by atoms with E-state index in [4.69, 9.17) is 4.74 Å². The van der Waals surface area contributed by atoms with Gasteiger partial charge in [0.25, 0.3) is 0 Å². The molecule has 2 heterocycles. The first-order chi connectivity index (χ1) is 14.0. The number of para-hydroxylation sites is 2.